The highest BCUT2D eigenvalue weighted by Gasteiger charge is 2.21. The number of para-hydroxylation sites is 1. The van der Waals surface area contributed by atoms with Crippen molar-refractivity contribution in [2.45, 2.75) is 13.8 Å². The van der Waals surface area contributed by atoms with Crippen LogP contribution in [0.25, 0.3) is 0 Å². The van der Waals surface area contributed by atoms with E-state index in [1.807, 2.05) is 43.0 Å². The minimum Gasteiger partial charge on any atom is -0.478 e. The molecule has 0 fully saturated rings. The SMILES string of the molecule is CCN(c1ccccc1C)c1cccc(F)c1C(=O)O. The Balaban J connectivity index is 2.62. The Kier molecular flexibility index (Phi) is 4.03. The molecule has 4 heteroatoms. The van der Waals surface area contributed by atoms with Crippen molar-refractivity contribution in [1.29, 1.82) is 0 Å². The zero-order valence-electron chi connectivity index (χ0n) is 11.4. The van der Waals surface area contributed by atoms with Gasteiger partial charge in [-0.2, -0.15) is 0 Å². The number of anilines is 2. The van der Waals surface area contributed by atoms with Crippen LogP contribution in [-0.4, -0.2) is 17.6 Å². The highest BCUT2D eigenvalue weighted by Crippen LogP contribution is 2.31. The normalized spacial score (nSPS) is 10.3. The summed E-state index contributed by atoms with van der Waals surface area (Å²) in [5.74, 6) is -1.98. The van der Waals surface area contributed by atoms with Gasteiger partial charge in [-0.25, -0.2) is 9.18 Å². The minimum absolute atomic E-state index is 0.294. The molecule has 20 heavy (non-hydrogen) atoms. The second-order valence-electron chi connectivity index (χ2n) is 4.47. The van der Waals surface area contributed by atoms with E-state index in [4.69, 9.17) is 0 Å². The summed E-state index contributed by atoms with van der Waals surface area (Å²) in [6.07, 6.45) is 0. The number of carbonyl (C=O) groups is 1. The zero-order chi connectivity index (χ0) is 14.7. The molecule has 1 N–H and O–H groups in total. The van der Waals surface area contributed by atoms with Crippen LogP contribution in [0.1, 0.15) is 22.8 Å². The van der Waals surface area contributed by atoms with Crippen LogP contribution in [-0.2, 0) is 0 Å². The lowest BCUT2D eigenvalue weighted by Gasteiger charge is -2.26. The Morgan fingerprint density at radius 1 is 1.15 bits per heavy atom. The van der Waals surface area contributed by atoms with E-state index in [-0.39, 0.29) is 5.56 Å². The van der Waals surface area contributed by atoms with Crippen LogP contribution in [0.3, 0.4) is 0 Å². The molecular formula is C16H16FNO2. The largest absolute Gasteiger partial charge is 0.478 e. The molecular weight excluding hydrogens is 257 g/mol. The smallest absolute Gasteiger partial charge is 0.340 e. The topological polar surface area (TPSA) is 40.5 Å². The summed E-state index contributed by atoms with van der Waals surface area (Å²) in [4.78, 5) is 13.1. The lowest BCUT2D eigenvalue weighted by Crippen LogP contribution is -2.20. The average Bonchev–Trinajstić information content (AvgIpc) is 2.41. The first kappa shape index (κ1) is 14.1. The third-order valence-electron chi connectivity index (χ3n) is 3.22. The maximum atomic E-state index is 13.8. The van der Waals surface area contributed by atoms with E-state index >= 15 is 0 Å². The van der Waals surface area contributed by atoms with E-state index in [1.54, 1.807) is 6.07 Å². The average molecular weight is 273 g/mol. The molecule has 0 bridgehead atoms. The molecule has 2 aromatic carbocycles. The van der Waals surface area contributed by atoms with Crippen LogP contribution in [0.5, 0.6) is 0 Å². The molecule has 0 saturated carbocycles. The predicted octanol–water partition coefficient (Wildman–Crippen LogP) is 3.99. The summed E-state index contributed by atoms with van der Waals surface area (Å²) < 4.78 is 13.8. The maximum Gasteiger partial charge on any atom is 0.340 e. The molecule has 0 atom stereocenters. The molecule has 0 radical (unpaired) electrons. The lowest BCUT2D eigenvalue weighted by atomic mass is 10.1. The number of aromatic carboxylic acids is 1. The van der Waals surface area contributed by atoms with Gasteiger partial charge >= 0.3 is 5.97 Å². The number of halogens is 1. The van der Waals surface area contributed by atoms with Gasteiger partial charge < -0.3 is 10.0 Å². The zero-order valence-corrected chi connectivity index (χ0v) is 11.4. The molecule has 104 valence electrons. The van der Waals surface area contributed by atoms with Crippen molar-refractivity contribution < 1.29 is 14.3 Å². The van der Waals surface area contributed by atoms with Gasteiger partial charge in [0.25, 0.3) is 0 Å². The van der Waals surface area contributed by atoms with Crippen LogP contribution in [0.15, 0.2) is 42.5 Å². The van der Waals surface area contributed by atoms with Gasteiger partial charge in [0.1, 0.15) is 11.4 Å². The Hall–Kier alpha value is -2.36. The van der Waals surface area contributed by atoms with Crippen LogP contribution >= 0.6 is 0 Å². The summed E-state index contributed by atoms with van der Waals surface area (Å²) in [6.45, 7) is 4.40. The van der Waals surface area contributed by atoms with Gasteiger partial charge in [0.05, 0.1) is 5.69 Å². The van der Waals surface area contributed by atoms with Crippen molar-refractivity contribution in [3.05, 3.63) is 59.4 Å². The molecule has 2 rings (SSSR count). The van der Waals surface area contributed by atoms with E-state index in [1.165, 1.54) is 12.1 Å². The summed E-state index contributed by atoms with van der Waals surface area (Å²) in [6, 6.07) is 12.0. The van der Waals surface area contributed by atoms with Crippen LogP contribution in [0, 0.1) is 12.7 Å². The number of aryl methyl sites for hydroxylation is 1. The third kappa shape index (κ3) is 2.50. The second kappa shape index (κ2) is 5.74. The van der Waals surface area contributed by atoms with Gasteiger partial charge in [0.15, 0.2) is 0 Å². The van der Waals surface area contributed by atoms with Crippen molar-refractivity contribution in [3.8, 4) is 0 Å². The van der Waals surface area contributed by atoms with E-state index < -0.39 is 11.8 Å². The molecule has 0 heterocycles. The summed E-state index contributed by atoms with van der Waals surface area (Å²) in [5, 5.41) is 9.24. The first-order chi connectivity index (χ1) is 9.56. The van der Waals surface area contributed by atoms with Gasteiger partial charge in [-0.15, -0.1) is 0 Å². The number of nitrogens with zero attached hydrogens (tertiary/aromatic N) is 1. The number of hydrogen-bond acceptors (Lipinski definition) is 2. The van der Waals surface area contributed by atoms with Crippen molar-refractivity contribution >= 4 is 17.3 Å². The lowest BCUT2D eigenvalue weighted by molar-refractivity contribution is 0.0692. The quantitative estimate of drug-likeness (QED) is 0.915. The Labute approximate surface area is 117 Å². The fourth-order valence-electron chi connectivity index (χ4n) is 2.29. The number of carboxylic acid groups (broad SMARTS) is 1. The molecule has 0 spiro atoms. The molecule has 0 aliphatic heterocycles. The molecule has 0 aliphatic carbocycles. The highest BCUT2D eigenvalue weighted by molar-refractivity contribution is 5.96. The van der Waals surface area contributed by atoms with Crippen molar-refractivity contribution in [2.75, 3.05) is 11.4 Å². The maximum absolute atomic E-state index is 13.8. The monoisotopic (exact) mass is 273 g/mol. The Morgan fingerprint density at radius 2 is 1.80 bits per heavy atom. The molecule has 0 saturated heterocycles. The summed E-state index contributed by atoms with van der Waals surface area (Å²) in [7, 11) is 0. The predicted molar refractivity (Wildman–Crippen MR) is 77.2 cm³/mol. The van der Waals surface area contributed by atoms with Gasteiger partial charge in [0, 0.05) is 12.2 Å². The molecule has 2 aromatic rings. The molecule has 0 amide bonds. The molecule has 3 nitrogen and oxygen atoms in total. The van der Waals surface area contributed by atoms with Gasteiger partial charge in [0.2, 0.25) is 0 Å². The number of benzene rings is 2. The van der Waals surface area contributed by atoms with Gasteiger partial charge in [-0.05, 0) is 37.6 Å². The van der Waals surface area contributed by atoms with Crippen molar-refractivity contribution in [1.82, 2.24) is 0 Å². The van der Waals surface area contributed by atoms with E-state index in [2.05, 4.69) is 0 Å². The molecule has 0 aliphatic rings. The van der Waals surface area contributed by atoms with Gasteiger partial charge in [-0.1, -0.05) is 24.3 Å². The molecule has 0 unspecified atom stereocenters. The second-order valence-corrected chi connectivity index (χ2v) is 4.47. The van der Waals surface area contributed by atoms with E-state index in [9.17, 15) is 14.3 Å². The highest BCUT2D eigenvalue weighted by atomic mass is 19.1. The standard InChI is InChI=1S/C16H16FNO2/c1-3-18(13-9-5-4-7-11(13)2)14-10-6-8-12(17)15(14)16(19)20/h4-10H,3H2,1-2H3,(H,19,20). The summed E-state index contributed by atoms with van der Waals surface area (Å²) in [5.41, 5.74) is 1.96. The molecule has 0 aromatic heterocycles. The first-order valence-electron chi connectivity index (χ1n) is 6.41. The van der Waals surface area contributed by atoms with Crippen molar-refractivity contribution in [3.63, 3.8) is 0 Å². The fourth-order valence-corrected chi connectivity index (χ4v) is 2.29. The van der Waals surface area contributed by atoms with Crippen molar-refractivity contribution in [2.24, 2.45) is 0 Å². The Morgan fingerprint density at radius 3 is 2.40 bits per heavy atom. The van der Waals surface area contributed by atoms with Crippen LogP contribution in [0.4, 0.5) is 15.8 Å². The van der Waals surface area contributed by atoms with Crippen LogP contribution in [0.2, 0.25) is 0 Å². The fraction of sp³-hybridized carbons (Fsp3) is 0.188. The van der Waals surface area contributed by atoms with Crippen LogP contribution < -0.4 is 4.90 Å². The summed E-state index contributed by atoms with van der Waals surface area (Å²) >= 11 is 0. The first-order valence-corrected chi connectivity index (χ1v) is 6.41. The number of carboxylic acids is 1. The minimum atomic E-state index is -1.26. The van der Waals surface area contributed by atoms with Gasteiger partial charge in [-0.3, -0.25) is 0 Å². The van der Waals surface area contributed by atoms with E-state index in [0.717, 1.165) is 11.3 Å². The Bertz CT molecular complexity index is 640. The number of rotatable bonds is 4. The number of hydrogen-bond donors (Lipinski definition) is 1. The third-order valence-corrected chi connectivity index (χ3v) is 3.22. The van der Waals surface area contributed by atoms with E-state index in [0.29, 0.717) is 12.2 Å².